The van der Waals surface area contributed by atoms with Crippen LogP contribution < -0.4 is 5.73 Å². The summed E-state index contributed by atoms with van der Waals surface area (Å²) in [7, 11) is 0. The topological polar surface area (TPSA) is 35.2 Å². The molecule has 2 nitrogen and oxygen atoms in total. The first kappa shape index (κ1) is 10.0. The van der Waals surface area contributed by atoms with Crippen LogP contribution in [0.5, 0.6) is 0 Å². The molecule has 1 aliphatic rings. The van der Waals surface area contributed by atoms with E-state index in [-0.39, 0.29) is 5.60 Å². The van der Waals surface area contributed by atoms with E-state index in [2.05, 4.69) is 34.6 Å². The van der Waals surface area contributed by atoms with Crippen LogP contribution in [-0.4, -0.2) is 18.2 Å². The van der Waals surface area contributed by atoms with Crippen LogP contribution in [0.3, 0.4) is 0 Å². The van der Waals surface area contributed by atoms with Gasteiger partial charge in [0.05, 0.1) is 12.2 Å². The molecule has 2 N–H and O–H groups in total. The van der Waals surface area contributed by atoms with Gasteiger partial charge in [-0.15, -0.1) is 0 Å². The number of ether oxygens (including phenoxy) is 1. The Morgan fingerprint density at radius 2 is 1.75 bits per heavy atom. The summed E-state index contributed by atoms with van der Waals surface area (Å²) in [5.41, 5.74) is 6.16. The Hall–Kier alpha value is -0.0800. The van der Waals surface area contributed by atoms with Gasteiger partial charge in [0.2, 0.25) is 0 Å². The third-order valence-corrected chi connectivity index (χ3v) is 2.84. The van der Waals surface area contributed by atoms with Crippen molar-refractivity contribution in [3.05, 3.63) is 0 Å². The molecule has 0 saturated heterocycles. The zero-order valence-electron chi connectivity index (χ0n) is 8.85. The summed E-state index contributed by atoms with van der Waals surface area (Å²) < 4.78 is 5.68. The zero-order chi connectivity index (χ0) is 9.57. The van der Waals surface area contributed by atoms with Crippen molar-refractivity contribution in [2.45, 2.75) is 46.3 Å². The van der Waals surface area contributed by atoms with Gasteiger partial charge in [-0.25, -0.2) is 0 Å². The van der Waals surface area contributed by atoms with E-state index in [0.717, 1.165) is 6.61 Å². The van der Waals surface area contributed by atoms with Crippen molar-refractivity contribution in [1.82, 2.24) is 0 Å². The first-order valence-electron chi connectivity index (χ1n) is 4.65. The van der Waals surface area contributed by atoms with E-state index in [1.54, 1.807) is 0 Å². The molecule has 1 rings (SSSR count). The predicted molar refractivity (Wildman–Crippen MR) is 51.0 cm³/mol. The lowest BCUT2D eigenvalue weighted by Crippen LogP contribution is -2.21. The van der Waals surface area contributed by atoms with Gasteiger partial charge in [-0.2, -0.15) is 0 Å². The lowest BCUT2D eigenvalue weighted by Gasteiger charge is -2.19. The molecule has 72 valence electrons. The fourth-order valence-corrected chi connectivity index (χ4v) is 1.44. The normalized spacial score (nSPS) is 33.5. The Balaban J connectivity index is 2.28. The maximum Gasteiger partial charge on any atom is 0.0598 e. The van der Waals surface area contributed by atoms with Crippen molar-refractivity contribution in [3.63, 3.8) is 0 Å². The summed E-state index contributed by atoms with van der Waals surface area (Å²) in [6, 6.07) is 0.333. The van der Waals surface area contributed by atoms with Crippen LogP contribution in [0.15, 0.2) is 0 Å². The fraction of sp³-hybridized carbons (Fsp3) is 1.00. The maximum absolute atomic E-state index is 5.89. The Labute approximate surface area is 75.5 Å². The molecule has 0 heterocycles. The molecule has 2 atom stereocenters. The van der Waals surface area contributed by atoms with Crippen LogP contribution in [0.2, 0.25) is 0 Å². The van der Waals surface area contributed by atoms with Crippen molar-refractivity contribution >= 4 is 0 Å². The predicted octanol–water partition coefficient (Wildman–Crippen LogP) is 1.78. The highest BCUT2D eigenvalue weighted by Gasteiger charge is 2.55. The SMILES string of the molecule is CC(C)(C)OC[C@H]1[C@H](N)C1(C)C. The van der Waals surface area contributed by atoms with Crippen LogP contribution in [0.1, 0.15) is 34.6 Å². The molecule has 0 unspecified atom stereocenters. The van der Waals surface area contributed by atoms with Gasteiger partial charge in [-0.3, -0.25) is 0 Å². The minimum atomic E-state index is -0.0294. The molecule has 0 aromatic heterocycles. The van der Waals surface area contributed by atoms with E-state index in [0.29, 0.717) is 17.4 Å². The molecule has 0 aliphatic heterocycles. The molecule has 1 fully saturated rings. The minimum absolute atomic E-state index is 0.0294. The molecule has 1 aliphatic carbocycles. The average molecular weight is 171 g/mol. The van der Waals surface area contributed by atoms with E-state index in [9.17, 15) is 0 Å². The quantitative estimate of drug-likeness (QED) is 0.687. The van der Waals surface area contributed by atoms with Crippen LogP contribution >= 0.6 is 0 Å². The van der Waals surface area contributed by atoms with Crippen molar-refractivity contribution < 1.29 is 4.74 Å². The van der Waals surface area contributed by atoms with Crippen LogP contribution in [0.25, 0.3) is 0 Å². The van der Waals surface area contributed by atoms with Crippen molar-refractivity contribution in [2.75, 3.05) is 6.61 Å². The Kier molecular flexibility index (Phi) is 2.26. The summed E-state index contributed by atoms with van der Waals surface area (Å²) in [6.45, 7) is 11.4. The molecule has 0 bridgehead atoms. The van der Waals surface area contributed by atoms with Gasteiger partial charge in [0.25, 0.3) is 0 Å². The van der Waals surface area contributed by atoms with E-state index in [1.165, 1.54) is 0 Å². The Bertz CT molecular complexity index is 169. The second kappa shape index (κ2) is 2.71. The average Bonchev–Trinajstić information content (AvgIpc) is 2.28. The second-order valence-electron chi connectivity index (χ2n) is 5.38. The number of nitrogens with two attached hydrogens (primary N) is 1. The van der Waals surface area contributed by atoms with E-state index in [1.807, 2.05) is 0 Å². The third kappa shape index (κ3) is 1.99. The Morgan fingerprint density at radius 3 is 2.00 bits per heavy atom. The Morgan fingerprint density at radius 1 is 1.33 bits per heavy atom. The highest BCUT2D eigenvalue weighted by molar-refractivity contribution is 5.08. The van der Waals surface area contributed by atoms with E-state index >= 15 is 0 Å². The number of hydrogen-bond acceptors (Lipinski definition) is 2. The highest BCUT2D eigenvalue weighted by atomic mass is 16.5. The molecular formula is C10H21NO. The lowest BCUT2D eigenvalue weighted by atomic mass is 10.1. The first-order valence-corrected chi connectivity index (χ1v) is 4.65. The van der Waals surface area contributed by atoms with Crippen molar-refractivity contribution in [3.8, 4) is 0 Å². The van der Waals surface area contributed by atoms with Crippen molar-refractivity contribution in [1.29, 1.82) is 0 Å². The van der Waals surface area contributed by atoms with Gasteiger partial charge >= 0.3 is 0 Å². The molecule has 0 amide bonds. The standard InChI is InChI=1S/C10H21NO/c1-9(2,3)12-6-7-8(11)10(7,4)5/h7-8H,6,11H2,1-5H3/t7-,8-/m0/s1. The molecular weight excluding hydrogens is 150 g/mol. The summed E-state index contributed by atoms with van der Waals surface area (Å²) in [4.78, 5) is 0. The second-order valence-corrected chi connectivity index (χ2v) is 5.38. The molecule has 0 aromatic carbocycles. The monoisotopic (exact) mass is 171 g/mol. The maximum atomic E-state index is 5.89. The third-order valence-electron chi connectivity index (χ3n) is 2.84. The van der Waals surface area contributed by atoms with E-state index < -0.39 is 0 Å². The number of rotatable bonds is 2. The summed E-state index contributed by atoms with van der Waals surface area (Å²) in [5.74, 6) is 0.553. The zero-order valence-corrected chi connectivity index (χ0v) is 8.85. The van der Waals surface area contributed by atoms with Crippen LogP contribution in [-0.2, 0) is 4.74 Å². The van der Waals surface area contributed by atoms with Gasteiger partial charge in [0.15, 0.2) is 0 Å². The van der Waals surface area contributed by atoms with Gasteiger partial charge in [0, 0.05) is 12.0 Å². The first-order chi connectivity index (χ1) is 5.25. The van der Waals surface area contributed by atoms with Crippen LogP contribution in [0, 0.1) is 11.3 Å². The van der Waals surface area contributed by atoms with E-state index in [4.69, 9.17) is 10.5 Å². The largest absolute Gasteiger partial charge is 0.375 e. The van der Waals surface area contributed by atoms with Gasteiger partial charge < -0.3 is 10.5 Å². The van der Waals surface area contributed by atoms with Gasteiger partial charge in [-0.1, -0.05) is 13.8 Å². The molecule has 0 radical (unpaired) electrons. The van der Waals surface area contributed by atoms with Gasteiger partial charge in [-0.05, 0) is 26.2 Å². The molecule has 0 aromatic rings. The summed E-state index contributed by atoms with van der Waals surface area (Å²) >= 11 is 0. The molecule has 12 heavy (non-hydrogen) atoms. The van der Waals surface area contributed by atoms with Crippen LogP contribution in [0.4, 0.5) is 0 Å². The molecule has 0 spiro atoms. The summed E-state index contributed by atoms with van der Waals surface area (Å²) in [5, 5.41) is 0. The number of hydrogen-bond donors (Lipinski definition) is 1. The fourth-order valence-electron chi connectivity index (χ4n) is 1.44. The smallest absolute Gasteiger partial charge is 0.0598 e. The summed E-state index contributed by atoms with van der Waals surface area (Å²) in [6.07, 6.45) is 0. The molecule has 2 heteroatoms. The molecule has 1 saturated carbocycles. The minimum Gasteiger partial charge on any atom is -0.375 e. The van der Waals surface area contributed by atoms with Gasteiger partial charge in [0.1, 0.15) is 0 Å². The highest BCUT2D eigenvalue weighted by Crippen LogP contribution is 2.50. The van der Waals surface area contributed by atoms with Crippen molar-refractivity contribution in [2.24, 2.45) is 17.1 Å². The lowest BCUT2D eigenvalue weighted by molar-refractivity contribution is -0.0129.